The standard InChI is InChI=1S/C17H16Cl2N2O3/c1-10-7-11(2)21-16(19)15(10)17(23)24-9-14(22)20-8-12-5-3-4-6-13(12)18/h3-7H,8-9H2,1-2H3,(H,20,22). The molecule has 0 unspecified atom stereocenters. The first-order valence-corrected chi connectivity index (χ1v) is 7.95. The van der Waals surface area contributed by atoms with E-state index < -0.39 is 18.5 Å². The van der Waals surface area contributed by atoms with Crippen LogP contribution in [-0.2, 0) is 16.1 Å². The minimum atomic E-state index is -0.683. The molecule has 0 bridgehead atoms. The summed E-state index contributed by atoms with van der Waals surface area (Å²) in [5, 5.41) is 3.26. The molecule has 0 atom stereocenters. The molecule has 0 saturated heterocycles. The van der Waals surface area contributed by atoms with E-state index in [9.17, 15) is 9.59 Å². The van der Waals surface area contributed by atoms with Crippen molar-refractivity contribution in [3.8, 4) is 0 Å². The van der Waals surface area contributed by atoms with Crippen molar-refractivity contribution in [3.63, 3.8) is 0 Å². The second-order valence-corrected chi connectivity index (χ2v) is 5.96. The van der Waals surface area contributed by atoms with Crippen molar-refractivity contribution >= 4 is 35.1 Å². The zero-order valence-corrected chi connectivity index (χ0v) is 14.7. The van der Waals surface area contributed by atoms with Crippen LogP contribution in [0.2, 0.25) is 10.2 Å². The molecule has 1 heterocycles. The lowest BCUT2D eigenvalue weighted by atomic mass is 10.1. The summed E-state index contributed by atoms with van der Waals surface area (Å²) in [6, 6.07) is 8.88. The normalized spacial score (nSPS) is 10.3. The van der Waals surface area contributed by atoms with Gasteiger partial charge in [-0.15, -0.1) is 0 Å². The molecule has 7 heteroatoms. The zero-order chi connectivity index (χ0) is 17.7. The van der Waals surface area contributed by atoms with Gasteiger partial charge in [0.15, 0.2) is 6.61 Å². The number of halogens is 2. The van der Waals surface area contributed by atoms with Crippen LogP contribution in [0.1, 0.15) is 27.2 Å². The molecular weight excluding hydrogens is 351 g/mol. The molecule has 0 radical (unpaired) electrons. The number of carbonyl (C=O) groups is 2. The van der Waals surface area contributed by atoms with Crippen molar-refractivity contribution in [3.05, 3.63) is 62.9 Å². The Morgan fingerprint density at radius 1 is 1.21 bits per heavy atom. The van der Waals surface area contributed by atoms with E-state index in [2.05, 4.69) is 10.3 Å². The number of hydrogen-bond donors (Lipinski definition) is 1. The van der Waals surface area contributed by atoms with Crippen molar-refractivity contribution < 1.29 is 14.3 Å². The van der Waals surface area contributed by atoms with E-state index in [4.69, 9.17) is 27.9 Å². The van der Waals surface area contributed by atoms with Crippen molar-refractivity contribution in [1.82, 2.24) is 10.3 Å². The summed E-state index contributed by atoms with van der Waals surface area (Å²) < 4.78 is 5.00. The molecule has 0 aliphatic heterocycles. The molecule has 24 heavy (non-hydrogen) atoms. The van der Waals surface area contributed by atoms with Crippen LogP contribution in [0.3, 0.4) is 0 Å². The van der Waals surface area contributed by atoms with E-state index in [0.717, 1.165) is 5.56 Å². The second-order valence-electron chi connectivity index (χ2n) is 5.19. The predicted molar refractivity (Wildman–Crippen MR) is 92.3 cm³/mol. The minimum absolute atomic E-state index is 0.0639. The smallest absolute Gasteiger partial charge is 0.342 e. The highest BCUT2D eigenvalue weighted by Gasteiger charge is 2.18. The van der Waals surface area contributed by atoms with E-state index >= 15 is 0 Å². The van der Waals surface area contributed by atoms with Gasteiger partial charge in [-0.1, -0.05) is 41.4 Å². The number of aryl methyl sites for hydroxylation is 2. The molecule has 1 N–H and O–H groups in total. The first-order valence-electron chi connectivity index (χ1n) is 7.19. The first-order chi connectivity index (χ1) is 11.4. The average molecular weight is 367 g/mol. The van der Waals surface area contributed by atoms with Crippen LogP contribution in [0.4, 0.5) is 0 Å². The van der Waals surface area contributed by atoms with E-state index in [1.807, 2.05) is 6.07 Å². The number of rotatable bonds is 5. The maximum absolute atomic E-state index is 12.1. The number of aromatic nitrogens is 1. The van der Waals surface area contributed by atoms with E-state index in [-0.39, 0.29) is 17.3 Å². The highest BCUT2D eigenvalue weighted by molar-refractivity contribution is 6.32. The molecule has 1 aromatic carbocycles. The third kappa shape index (κ3) is 4.69. The Morgan fingerprint density at radius 3 is 2.58 bits per heavy atom. The number of esters is 1. The van der Waals surface area contributed by atoms with Gasteiger partial charge in [0.05, 0.1) is 5.56 Å². The quantitative estimate of drug-likeness (QED) is 0.649. The number of ether oxygens (including phenoxy) is 1. The SMILES string of the molecule is Cc1cc(C)c(C(=O)OCC(=O)NCc2ccccc2Cl)c(Cl)n1. The molecule has 0 saturated carbocycles. The third-order valence-corrected chi connectivity index (χ3v) is 3.92. The van der Waals surface area contributed by atoms with Crippen LogP contribution in [0.15, 0.2) is 30.3 Å². The topological polar surface area (TPSA) is 68.3 Å². The lowest BCUT2D eigenvalue weighted by Crippen LogP contribution is -2.28. The molecule has 5 nitrogen and oxygen atoms in total. The largest absolute Gasteiger partial charge is 0.452 e. The van der Waals surface area contributed by atoms with Gasteiger partial charge in [-0.05, 0) is 37.1 Å². The van der Waals surface area contributed by atoms with Gasteiger partial charge in [-0.25, -0.2) is 9.78 Å². The molecule has 126 valence electrons. The Balaban J connectivity index is 1.90. The number of nitrogens with one attached hydrogen (secondary N) is 1. The molecule has 2 rings (SSSR count). The summed E-state index contributed by atoms with van der Waals surface area (Å²) in [5.74, 6) is -1.12. The average Bonchev–Trinajstić information content (AvgIpc) is 2.51. The molecule has 0 fully saturated rings. The van der Waals surface area contributed by atoms with Gasteiger partial charge in [0.25, 0.3) is 5.91 Å². The fraction of sp³-hybridized carbons (Fsp3) is 0.235. The number of pyridine rings is 1. The van der Waals surface area contributed by atoms with Crippen molar-refractivity contribution in [1.29, 1.82) is 0 Å². The summed E-state index contributed by atoms with van der Waals surface area (Å²) in [7, 11) is 0. The minimum Gasteiger partial charge on any atom is -0.452 e. The summed E-state index contributed by atoms with van der Waals surface area (Å²) >= 11 is 12.0. The summed E-state index contributed by atoms with van der Waals surface area (Å²) in [4.78, 5) is 27.9. The molecule has 1 aromatic heterocycles. The van der Waals surface area contributed by atoms with Gasteiger partial charge in [0.1, 0.15) is 5.15 Å². The first kappa shape index (κ1) is 18.2. The van der Waals surface area contributed by atoms with Crippen LogP contribution in [-0.4, -0.2) is 23.5 Å². The molecular formula is C17H16Cl2N2O3. The Bertz CT molecular complexity index is 755. The summed E-state index contributed by atoms with van der Waals surface area (Å²) in [6.45, 7) is 3.35. The number of hydrogen-bond acceptors (Lipinski definition) is 4. The molecule has 0 spiro atoms. The lowest BCUT2D eigenvalue weighted by Gasteiger charge is -2.10. The number of carbonyl (C=O) groups excluding carboxylic acids is 2. The second kappa shape index (κ2) is 8.13. The molecule has 0 aliphatic rings. The van der Waals surface area contributed by atoms with Gasteiger partial charge in [0.2, 0.25) is 0 Å². The Hall–Kier alpha value is -2.11. The van der Waals surface area contributed by atoms with Gasteiger partial charge in [0, 0.05) is 17.3 Å². The van der Waals surface area contributed by atoms with E-state index in [1.54, 1.807) is 38.1 Å². The van der Waals surface area contributed by atoms with Crippen molar-refractivity contribution in [2.75, 3.05) is 6.61 Å². The van der Waals surface area contributed by atoms with Gasteiger partial charge in [-0.2, -0.15) is 0 Å². The Labute approximate surface area is 149 Å². The third-order valence-electron chi connectivity index (χ3n) is 3.27. The number of nitrogens with zero attached hydrogens (tertiary/aromatic N) is 1. The van der Waals surface area contributed by atoms with E-state index in [1.165, 1.54) is 0 Å². The van der Waals surface area contributed by atoms with Crippen molar-refractivity contribution in [2.24, 2.45) is 0 Å². The number of amides is 1. The zero-order valence-electron chi connectivity index (χ0n) is 13.2. The van der Waals surface area contributed by atoms with Crippen LogP contribution in [0.25, 0.3) is 0 Å². The Kier molecular flexibility index (Phi) is 6.17. The summed E-state index contributed by atoms with van der Waals surface area (Å²) in [6.07, 6.45) is 0. The molecule has 0 aliphatic carbocycles. The highest BCUT2D eigenvalue weighted by atomic mass is 35.5. The van der Waals surface area contributed by atoms with Gasteiger partial charge < -0.3 is 10.1 Å². The molecule has 1 amide bonds. The van der Waals surface area contributed by atoms with Gasteiger partial charge in [-0.3, -0.25) is 4.79 Å². The fourth-order valence-electron chi connectivity index (χ4n) is 2.13. The fourth-order valence-corrected chi connectivity index (χ4v) is 2.69. The number of benzene rings is 1. The van der Waals surface area contributed by atoms with Crippen LogP contribution < -0.4 is 5.32 Å². The van der Waals surface area contributed by atoms with Crippen molar-refractivity contribution in [2.45, 2.75) is 20.4 Å². The van der Waals surface area contributed by atoms with E-state index in [0.29, 0.717) is 16.3 Å². The predicted octanol–water partition coefficient (Wildman–Crippen LogP) is 3.48. The molecule has 2 aromatic rings. The lowest BCUT2D eigenvalue weighted by molar-refractivity contribution is -0.124. The maximum Gasteiger partial charge on any atom is 0.342 e. The van der Waals surface area contributed by atoms with Gasteiger partial charge >= 0.3 is 5.97 Å². The van der Waals surface area contributed by atoms with Crippen LogP contribution >= 0.6 is 23.2 Å². The maximum atomic E-state index is 12.1. The van der Waals surface area contributed by atoms with Crippen LogP contribution in [0, 0.1) is 13.8 Å². The van der Waals surface area contributed by atoms with Crippen LogP contribution in [0.5, 0.6) is 0 Å². The highest BCUT2D eigenvalue weighted by Crippen LogP contribution is 2.19. The summed E-state index contributed by atoms with van der Waals surface area (Å²) in [5.41, 5.74) is 2.29. The monoisotopic (exact) mass is 366 g/mol. The Morgan fingerprint density at radius 2 is 1.92 bits per heavy atom.